The van der Waals surface area contributed by atoms with Gasteiger partial charge in [-0.1, -0.05) is 5.16 Å². The minimum absolute atomic E-state index is 0.105. The van der Waals surface area contributed by atoms with Crippen molar-refractivity contribution in [1.29, 1.82) is 0 Å². The summed E-state index contributed by atoms with van der Waals surface area (Å²) in [4.78, 5) is 11.5. The smallest absolute Gasteiger partial charge is 0.252 e. The molecule has 1 heterocycles. The third-order valence-corrected chi connectivity index (χ3v) is 2.49. The molecule has 0 aliphatic carbocycles. The lowest BCUT2D eigenvalue weighted by atomic mass is 10.2. The van der Waals surface area contributed by atoms with Crippen molar-refractivity contribution in [1.82, 2.24) is 5.32 Å². The number of amidine groups is 1. The summed E-state index contributed by atoms with van der Waals surface area (Å²) in [5.74, 6) is -0.0393. The second-order valence-electron chi connectivity index (χ2n) is 3.18. The molecule has 4 N–H and O–H groups in total. The summed E-state index contributed by atoms with van der Waals surface area (Å²) < 4.78 is 0. The summed E-state index contributed by atoms with van der Waals surface area (Å²) in [7, 11) is 0. The molecule has 0 aliphatic heterocycles. The molecule has 1 amide bonds. The van der Waals surface area contributed by atoms with Gasteiger partial charge in [0.25, 0.3) is 5.91 Å². The van der Waals surface area contributed by atoms with Crippen molar-refractivity contribution in [3.8, 4) is 0 Å². The average Bonchev–Trinajstić information content (AvgIpc) is 2.70. The fourth-order valence-corrected chi connectivity index (χ4v) is 1.74. The van der Waals surface area contributed by atoms with Crippen molar-refractivity contribution in [3.63, 3.8) is 0 Å². The average molecular weight is 227 g/mol. The molecule has 1 aromatic rings. The fourth-order valence-electron chi connectivity index (χ4n) is 1.11. The predicted molar refractivity (Wildman–Crippen MR) is 59.3 cm³/mol. The van der Waals surface area contributed by atoms with Crippen LogP contribution in [0.25, 0.3) is 0 Å². The van der Waals surface area contributed by atoms with Crippen molar-refractivity contribution in [2.24, 2.45) is 10.9 Å². The Balaban J connectivity index is 2.45. The maximum Gasteiger partial charge on any atom is 0.252 e. The van der Waals surface area contributed by atoms with E-state index in [1.165, 1.54) is 11.3 Å². The normalized spacial score (nSPS) is 13.5. The van der Waals surface area contributed by atoms with Crippen LogP contribution in [0.1, 0.15) is 23.7 Å². The summed E-state index contributed by atoms with van der Waals surface area (Å²) >= 11 is 1.46. The lowest BCUT2D eigenvalue weighted by molar-refractivity contribution is 0.0941. The molecule has 0 radical (unpaired) electrons. The molecule has 0 bridgehead atoms. The maximum absolute atomic E-state index is 11.5. The van der Waals surface area contributed by atoms with Crippen LogP contribution in [0.2, 0.25) is 0 Å². The van der Waals surface area contributed by atoms with Gasteiger partial charge < -0.3 is 16.3 Å². The molecule has 1 atom stereocenters. The van der Waals surface area contributed by atoms with Gasteiger partial charge in [0.05, 0.1) is 0 Å². The van der Waals surface area contributed by atoms with Crippen LogP contribution in [0.5, 0.6) is 0 Å². The van der Waals surface area contributed by atoms with Crippen molar-refractivity contribution >= 4 is 23.1 Å². The first-order chi connectivity index (χ1) is 7.13. The predicted octanol–water partition coefficient (Wildman–Crippen LogP) is 1.00. The first-order valence-electron chi connectivity index (χ1n) is 4.43. The van der Waals surface area contributed by atoms with Gasteiger partial charge in [0, 0.05) is 23.4 Å². The van der Waals surface area contributed by atoms with Crippen LogP contribution >= 0.6 is 11.3 Å². The van der Waals surface area contributed by atoms with Gasteiger partial charge in [0.1, 0.15) is 5.84 Å². The van der Waals surface area contributed by atoms with Gasteiger partial charge in [0.2, 0.25) is 0 Å². The molecular weight excluding hydrogens is 214 g/mol. The van der Waals surface area contributed by atoms with Gasteiger partial charge in [-0.3, -0.25) is 4.79 Å². The minimum Gasteiger partial charge on any atom is -0.409 e. The topological polar surface area (TPSA) is 87.7 Å². The third kappa shape index (κ3) is 3.59. The quantitative estimate of drug-likeness (QED) is 0.310. The first-order valence-corrected chi connectivity index (χ1v) is 5.37. The molecular formula is C9H13N3O2S. The van der Waals surface area contributed by atoms with E-state index in [1.807, 2.05) is 5.38 Å². The van der Waals surface area contributed by atoms with Crippen molar-refractivity contribution in [2.75, 3.05) is 0 Å². The fraction of sp³-hybridized carbons (Fsp3) is 0.333. The Morgan fingerprint density at radius 3 is 3.07 bits per heavy atom. The van der Waals surface area contributed by atoms with Gasteiger partial charge in [-0.2, -0.15) is 11.3 Å². The third-order valence-electron chi connectivity index (χ3n) is 1.80. The zero-order valence-corrected chi connectivity index (χ0v) is 9.12. The van der Waals surface area contributed by atoms with E-state index in [-0.39, 0.29) is 17.8 Å². The van der Waals surface area contributed by atoms with Crippen molar-refractivity contribution in [3.05, 3.63) is 22.4 Å². The SMILES string of the molecule is CC(CC(N)=NO)NC(=O)c1ccsc1. The zero-order valence-electron chi connectivity index (χ0n) is 8.30. The highest BCUT2D eigenvalue weighted by Gasteiger charge is 2.11. The highest BCUT2D eigenvalue weighted by atomic mass is 32.1. The Bertz CT molecular complexity index is 348. The molecule has 6 heteroatoms. The van der Waals surface area contributed by atoms with Crippen molar-refractivity contribution < 1.29 is 10.0 Å². The van der Waals surface area contributed by atoms with Crippen LogP contribution in [0.15, 0.2) is 22.0 Å². The van der Waals surface area contributed by atoms with Gasteiger partial charge in [-0.15, -0.1) is 0 Å². The molecule has 5 nitrogen and oxygen atoms in total. The standard InChI is InChI=1S/C9H13N3O2S/c1-6(4-8(10)12-14)11-9(13)7-2-3-15-5-7/h2-3,5-6,14H,4H2,1H3,(H2,10,12)(H,11,13). The minimum atomic E-state index is -0.159. The van der Waals surface area contributed by atoms with Gasteiger partial charge in [0.15, 0.2) is 0 Å². The molecule has 1 rings (SSSR count). The Morgan fingerprint density at radius 1 is 1.80 bits per heavy atom. The van der Waals surface area contributed by atoms with Crippen LogP contribution in [0.3, 0.4) is 0 Å². The second-order valence-corrected chi connectivity index (χ2v) is 3.96. The number of carbonyl (C=O) groups is 1. The van der Waals surface area contributed by atoms with E-state index in [2.05, 4.69) is 10.5 Å². The van der Waals surface area contributed by atoms with Crippen LogP contribution in [0.4, 0.5) is 0 Å². The number of hydrogen-bond donors (Lipinski definition) is 3. The van der Waals surface area contributed by atoms with Crippen LogP contribution in [0, 0.1) is 0 Å². The van der Waals surface area contributed by atoms with Crippen LogP contribution < -0.4 is 11.1 Å². The summed E-state index contributed by atoms with van der Waals surface area (Å²) in [6.07, 6.45) is 0.326. The van der Waals surface area contributed by atoms with Gasteiger partial charge in [-0.25, -0.2) is 0 Å². The number of oxime groups is 1. The number of nitrogens with zero attached hydrogens (tertiary/aromatic N) is 1. The number of carbonyl (C=O) groups excluding carboxylic acids is 1. The summed E-state index contributed by atoms with van der Waals surface area (Å²) in [5, 5.41) is 17.5. The molecule has 82 valence electrons. The highest BCUT2D eigenvalue weighted by molar-refractivity contribution is 7.08. The molecule has 0 fully saturated rings. The number of amides is 1. The number of thiophene rings is 1. The van der Waals surface area contributed by atoms with Crippen LogP contribution in [-0.2, 0) is 0 Å². The molecule has 15 heavy (non-hydrogen) atoms. The van der Waals surface area contributed by atoms with E-state index < -0.39 is 0 Å². The van der Waals surface area contributed by atoms with E-state index in [0.29, 0.717) is 12.0 Å². The van der Waals surface area contributed by atoms with Gasteiger partial charge in [-0.05, 0) is 18.4 Å². The Labute approximate surface area is 91.6 Å². The number of nitrogens with one attached hydrogen (secondary N) is 1. The molecule has 1 unspecified atom stereocenters. The van der Waals surface area contributed by atoms with E-state index in [9.17, 15) is 4.79 Å². The Hall–Kier alpha value is -1.56. The van der Waals surface area contributed by atoms with Gasteiger partial charge >= 0.3 is 0 Å². The first kappa shape index (κ1) is 11.5. The molecule has 0 aromatic carbocycles. The Kier molecular flexibility index (Phi) is 4.11. The summed E-state index contributed by atoms with van der Waals surface area (Å²) in [6.45, 7) is 1.79. The number of nitrogens with two attached hydrogens (primary N) is 1. The zero-order chi connectivity index (χ0) is 11.3. The van der Waals surface area contributed by atoms with E-state index >= 15 is 0 Å². The second kappa shape index (κ2) is 5.35. The van der Waals surface area contributed by atoms with E-state index in [4.69, 9.17) is 10.9 Å². The summed E-state index contributed by atoms with van der Waals surface area (Å²) in [6, 6.07) is 1.59. The molecule has 1 aromatic heterocycles. The molecule has 0 saturated heterocycles. The van der Waals surface area contributed by atoms with E-state index in [0.717, 1.165) is 0 Å². The molecule has 0 aliphatic rings. The van der Waals surface area contributed by atoms with Crippen LogP contribution in [-0.4, -0.2) is 23.0 Å². The highest BCUT2D eigenvalue weighted by Crippen LogP contribution is 2.06. The largest absolute Gasteiger partial charge is 0.409 e. The van der Waals surface area contributed by atoms with E-state index in [1.54, 1.807) is 18.4 Å². The maximum atomic E-state index is 11.5. The number of rotatable bonds is 4. The monoisotopic (exact) mass is 227 g/mol. The lowest BCUT2D eigenvalue weighted by Gasteiger charge is -2.11. The number of hydrogen-bond acceptors (Lipinski definition) is 4. The molecule has 0 spiro atoms. The Morgan fingerprint density at radius 2 is 2.53 bits per heavy atom. The summed E-state index contributed by atoms with van der Waals surface area (Å²) in [5.41, 5.74) is 5.95. The van der Waals surface area contributed by atoms with Crippen molar-refractivity contribution in [2.45, 2.75) is 19.4 Å². The lowest BCUT2D eigenvalue weighted by Crippen LogP contribution is -2.35. The molecule has 0 saturated carbocycles.